The second kappa shape index (κ2) is 6.26. The molecule has 0 unspecified atom stereocenters. The van der Waals surface area contributed by atoms with Gasteiger partial charge in [-0.3, -0.25) is 14.3 Å². The van der Waals surface area contributed by atoms with Crippen LogP contribution in [0.25, 0.3) is 0 Å². The van der Waals surface area contributed by atoms with Crippen molar-refractivity contribution < 1.29 is 9.59 Å². The molecule has 3 heterocycles. The number of nitrogens with one attached hydrogen (secondary N) is 1. The summed E-state index contributed by atoms with van der Waals surface area (Å²) in [7, 11) is 3.65. The molecular formula is C18H24N6O2. The van der Waals surface area contributed by atoms with E-state index in [1.807, 2.05) is 18.9 Å². The lowest BCUT2D eigenvalue weighted by Gasteiger charge is -2.29. The quantitative estimate of drug-likeness (QED) is 0.871. The fraction of sp³-hybridized carbons (Fsp3) is 0.556. The van der Waals surface area contributed by atoms with Crippen LogP contribution in [0.3, 0.4) is 0 Å². The van der Waals surface area contributed by atoms with E-state index in [1.54, 1.807) is 35.2 Å². The van der Waals surface area contributed by atoms with Crippen molar-refractivity contribution in [3.05, 3.63) is 35.7 Å². The summed E-state index contributed by atoms with van der Waals surface area (Å²) in [6.45, 7) is 2.39. The molecule has 1 N–H and O–H groups in total. The van der Waals surface area contributed by atoms with Crippen LogP contribution in [-0.4, -0.2) is 54.5 Å². The van der Waals surface area contributed by atoms with Crippen molar-refractivity contribution in [3.63, 3.8) is 0 Å². The normalized spacial score (nSPS) is 22.9. The van der Waals surface area contributed by atoms with E-state index in [9.17, 15) is 9.59 Å². The summed E-state index contributed by atoms with van der Waals surface area (Å²) in [5, 5.41) is 4.34. The summed E-state index contributed by atoms with van der Waals surface area (Å²) in [4.78, 5) is 36.7. The summed E-state index contributed by atoms with van der Waals surface area (Å²) in [6, 6.07) is 0.0375. The molecule has 0 aromatic carbocycles. The second-order valence-electron chi connectivity index (χ2n) is 7.33. The predicted octanol–water partition coefficient (Wildman–Crippen LogP) is 1.16. The molecule has 2 aromatic rings. The molecule has 1 aliphatic carbocycles. The zero-order chi connectivity index (χ0) is 18.4. The Balaban J connectivity index is 1.63. The third-order valence-electron chi connectivity index (χ3n) is 5.53. The van der Waals surface area contributed by atoms with Crippen LogP contribution in [-0.2, 0) is 23.2 Å². The molecule has 4 rings (SSSR count). The number of amides is 2. The number of H-pyrrole nitrogens is 1. The van der Waals surface area contributed by atoms with Gasteiger partial charge in [-0.05, 0) is 19.8 Å². The summed E-state index contributed by atoms with van der Waals surface area (Å²) >= 11 is 0. The number of carbonyl (C=O) groups is 2. The minimum Gasteiger partial charge on any atom is -0.347 e. The Hall–Kier alpha value is -2.64. The standard InChI is InChI=1S/C18H24N6O2/c1-11-14(9-21-23(11)3)17-13(8-16(25)24(17)12-4-5-12)18(26)22(2)10-15-19-6-7-20-15/h6-7,9,12-13,17H,4-5,8,10H2,1-3H3,(H,19,20)/t13-,17-/m0/s1. The Morgan fingerprint density at radius 3 is 2.77 bits per heavy atom. The average Bonchev–Trinajstić information content (AvgIpc) is 3.06. The Bertz CT molecular complexity index is 823. The lowest BCUT2D eigenvalue weighted by molar-refractivity contribution is -0.135. The molecule has 2 aromatic heterocycles. The number of hydrogen-bond acceptors (Lipinski definition) is 4. The van der Waals surface area contributed by atoms with E-state index in [1.165, 1.54) is 0 Å². The predicted molar refractivity (Wildman–Crippen MR) is 93.7 cm³/mol. The number of aromatic nitrogens is 4. The summed E-state index contributed by atoms with van der Waals surface area (Å²) in [6.07, 6.45) is 7.51. The molecule has 2 aliphatic rings. The number of aromatic amines is 1. The van der Waals surface area contributed by atoms with Crippen molar-refractivity contribution in [2.75, 3.05) is 7.05 Å². The van der Waals surface area contributed by atoms with Crippen molar-refractivity contribution in [2.45, 2.75) is 44.8 Å². The third-order valence-corrected chi connectivity index (χ3v) is 5.53. The molecule has 1 aliphatic heterocycles. The highest BCUT2D eigenvalue weighted by Gasteiger charge is 2.51. The number of rotatable bonds is 5. The van der Waals surface area contributed by atoms with Crippen LogP contribution in [0.5, 0.6) is 0 Å². The molecule has 26 heavy (non-hydrogen) atoms. The first kappa shape index (κ1) is 16.8. The largest absolute Gasteiger partial charge is 0.347 e. The van der Waals surface area contributed by atoms with Gasteiger partial charge in [0.15, 0.2) is 0 Å². The van der Waals surface area contributed by atoms with Gasteiger partial charge in [0.25, 0.3) is 0 Å². The van der Waals surface area contributed by atoms with Crippen LogP contribution >= 0.6 is 0 Å². The third kappa shape index (κ3) is 2.79. The monoisotopic (exact) mass is 356 g/mol. The first-order valence-corrected chi connectivity index (χ1v) is 9.00. The van der Waals surface area contributed by atoms with Gasteiger partial charge in [-0.2, -0.15) is 5.10 Å². The molecule has 2 fully saturated rings. The van der Waals surface area contributed by atoms with Crippen molar-refractivity contribution in [1.82, 2.24) is 29.5 Å². The molecule has 0 bridgehead atoms. The highest BCUT2D eigenvalue weighted by atomic mass is 16.2. The first-order valence-electron chi connectivity index (χ1n) is 9.00. The first-order chi connectivity index (χ1) is 12.5. The minimum atomic E-state index is -0.383. The molecule has 0 spiro atoms. The summed E-state index contributed by atoms with van der Waals surface area (Å²) in [5.74, 6) is 0.404. The van der Waals surface area contributed by atoms with Gasteiger partial charge in [0.2, 0.25) is 11.8 Å². The van der Waals surface area contributed by atoms with Gasteiger partial charge in [-0.1, -0.05) is 0 Å². The molecule has 0 radical (unpaired) electrons. The zero-order valence-electron chi connectivity index (χ0n) is 15.3. The van der Waals surface area contributed by atoms with Gasteiger partial charge >= 0.3 is 0 Å². The van der Waals surface area contributed by atoms with Gasteiger partial charge in [0.1, 0.15) is 5.82 Å². The maximum Gasteiger partial charge on any atom is 0.228 e. The van der Waals surface area contributed by atoms with Crippen molar-refractivity contribution in [3.8, 4) is 0 Å². The van der Waals surface area contributed by atoms with Crippen molar-refractivity contribution >= 4 is 11.8 Å². The van der Waals surface area contributed by atoms with E-state index in [0.717, 1.165) is 29.9 Å². The highest BCUT2D eigenvalue weighted by molar-refractivity contribution is 5.90. The van der Waals surface area contributed by atoms with Crippen molar-refractivity contribution in [2.24, 2.45) is 13.0 Å². The fourth-order valence-corrected chi connectivity index (χ4v) is 3.90. The van der Waals surface area contributed by atoms with Crippen LogP contribution in [0.15, 0.2) is 18.6 Å². The van der Waals surface area contributed by atoms with Gasteiger partial charge in [0, 0.05) is 50.2 Å². The Kier molecular flexibility index (Phi) is 4.05. The van der Waals surface area contributed by atoms with Crippen LogP contribution in [0.2, 0.25) is 0 Å². The maximum absolute atomic E-state index is 13.2. The lowest BCUT2D eigenvalue weighted by Crippen LogP contribution is -2.37. The zero-order valence-corrected chi connectivity index (χ0v) is 15.3. The number of nitrogens with zero attached hydrogens (tertiary/aromatic N) is 5. The molecule has 138 valence electrons. The molecule has 1 saturated carbocycles. The van der Waals surface area contributed by atoms with Gasteiger partial charge in [-0.15, -0.1) is 0 Å². The topological polar surface area (TPSA) is 87.1 Å². The molecular weight excluding hydrogens is 332 g/mol. The van der Waals surface area contributed by atoms with Gasteiger partial charge < -0.3 is 14.8 Å². The van der Waals surface area contributed by atoms with E-state index in [-0.39, 0.29) is 36.2 Å². The van der Waals surface area contributed by atoms with E-state index in [2.05, 4.69) is 15.1 Å². The number of aryl methyl sites for hydroxylation is 1. The second-order valence-corrected chi connectivity index (χ2v) is 7.33. The van der Waals surface area contributed by atoms with E-state index in [4.69, 9.17) is 0 Å². The average molecular weight is 356 g/mol. The summed E-state index contributed by atoms with van der Waals surface area (Å²) < 4.78 is 1.80. The molecule has 8 nitrogen and oxygen atoms in total. The lowest BCUT2D eigenvalue weighted by atomic mass is 9.92. The van der Waals surface area contributed by atoms with Crippen LogP contribution in [0, 0.1) is 12.8 Å². The minimum absolute atomic E-state index is 0.0221. The van der Waals surface area contributed by atoms with E-state index < -0.39 is 0 Å². The molecule has 2 atom stereocenters. The van der Waals surface area contributed by atoms with Crippen LogP contribution in [0.1, 0.15) is 42.4 Å². The number of likely N-dealkylation sites (tertiary alicyclic amines) is 1. The SMILES string of the molecule is Cc1c([C@@H]2[C@@H](C(=O)N(C)Cc3ncc[nH]3)CC(=O)N2C2CC2)cnn1C. The highest BCUT2D eigenvalue weighted by Crippen LogP contribution is 2.46. The fourth-order valence-electron chi connectivity index (χ4n) is 3.90. The van der Waals surface area contributed by atoms with Crippen LogP contribution in [0.4, 0.5) is 0 Å². The van der Waals surface area contributed by atoms with Crippen LogP contribution < -0.4 is 0 Å². The Morgan fingerprint density at radius 2 is 2.19 bits per heavy atom. The van der Waals surface area contributed by atoms with Gasteiger partial charge in [-0.25, -0.2) is 4.98 Å². The van der Waals surface area contributed by atoms with Gasteiger partial charge in [0.05, 0.1) is 24.7 Å². The molecule has 2 amide bonds. The number of hydrogen-bond donors (Lipinski definition) is 1. The summed E-state index contributed by atoms with van der Waals surface area (Å²) in [5.41, 5.74) is 1.98. The van der Waals surface area contributed by atoms with E-state index >= 15 is 0 Å². The number of imidazole rings is 1. The Morgan fingerprint density at radius 1 is 1.42 bits per heavy atom. The number of carbonyl (C=O) groups excluding carboxylic acids is 2. The Labute approximate surface area is 152 Å². The molecule has 8 heteroatoms. The smallest absolute Gasteiger partial charge is 0.228 e. The molecule has 1 saturated heterocycles. The maximum atomic E-state index is 13.2. The van der Waals surface area contributed by atoms with E-state index in [0.29, 0.717) is 6.54 Å². The van der Waals surface area contributed by atoms with Crippen molar-refractivity contribution in [1.29, 1.82) is 0 Å².